The lowest BCUT2D eigenvalue weighted by Gasteiger charge is -2.09. The lowest BCUT2D eigenvalue weighted by atomic mass is 10.2. The van der Waals surface area contributed by atoms with Crippen molar-refractivity contribution >= 4 is 5.82 Å². The van der Waals surface area contributed by atoms with Gasteiger partial charge in [0.25, 0.3) is 0 Å². The van der Waals surface area contributed by atoms with Crippen LogP contribution in [0.2, 0.25) is 0 Å². The Hall–Kier alpha value is -2.10. The molecule has 0 saturated carbocycles. The van der Waals surface area contributed by atoms with Crippen LogP contribution in [0.15, 0.2) is 30.6 Å². The van der Waals surface area contributed by atoms with E-state index in [9.17, 15) is 0 Å². The number of nitrogens with one attached hydrogen (secondary N) is 1. The lowest BCUT2D eigenvalue weighted by Crippen LogP contribution is -1.99. The van der Waals surface area contributed by atoms with Crippen LogP contribution in [-0.4, -0.2) is 17.0 Å². The fraction of sp³-hybridized carbons (Fsp3) is 0.231. The summed E-state index contributed by atoms with van der Waals surface area (Å²) in [4.78, 5) is 8.24. The smallest absolute Gasteiger partial charge is 0.227 e. The molecule has 0 amide bonds. The molecule has 0 radical (unpaired) electrons. The van der Waals surface area contributed by atoms with Crippen molar-refractivity contribution < 1.29 is 4.74 Å². The van der Waals surface area contributed by atoms with Crippen LogP contribution < -0.4 is 10.1 Å². The van der Waals surface area contributed by atoms with E-state index in [1.54, 1.807) is 0 Å². The zero-order valence-corrected chi connectivity index (χ0v) is 10.2. The van der Waals surface area contributed by atoms with Gasteiger partial charge in [-0.05, 0) is 26.0 Å². The van der Waals surface area contributed by atoms with E-state index in [0.717, 1.165) is 17.1 Å². The number of anilines is 1. The molecule has 1 N–H and O–H groups in total. The maximum atomic E-state index is 5.72. The number of aryl methyl sites for hydroxylation is 1. The average molecular weight is 229 g/mol. The van der Waals surface area contributed by atoms with E-state index in [2.05, 4.69) is 15.3 Å². The topological polar surface area (TPSA) is 47.0 Å². The summed E-state index contributed by atoms with van der Waals surface area (Å²) in [6.07, 6.45) is 1.49. The van der Waals surface area contributed by atoms with Crippen molar-refractivity contribution in [2.75, 3.05) is 12.4 Å². The third kappa shape index (κ3) is 2.53. The summed E-state index contributed by atoms with van der Waals surface area (Å²) in [5.74, 6) is 2.13. The second kappa shape index (κ2) is 4.82. The van der Waals surface area contributed by atoms with Crippen LogP contribution in [0.1, 0.15) is 11.1 Å². The van der Waals surface area contributed by atoms with Crippen molar-refractivity contribution in [3.8, 4) is 11.6 Å². The SMILES string of the molecule is CNc1ncnc(Oc2ccc(C)cc2)c1C. The Balaban J connectivity index is 2.27. The van der Waals surface area contributed by atoms with Gasteiger partial charge in [-0.1, -0.05) is 17.7 Å². The van der Waals surface area contributed by atoms with E-state index in [1.165, 1.54) is 11.9 Å². The molecule has 2 aromatic rings. The standard InChI is InChI=1S/C13H15N3O/c1-9-4-6-11(7-5-9)17-13-10(2)12(14-3)15-8-16-13/h4-8H,1-3H3,(H,14,15,16). The highest BCUT2D eigenvalue weighted by Crippen LogP contribution is 2.25. The molecule has 1 aromatic carbocycles. The van der Waals surface area contributed by atoms with E-state index in [-0.39, 0.29) is 0 Å². The number of nitrogens with zero attached hydrogens (tertiary/aromatic N) is 2. The van der Waals surface area contributed by atoms with Gasteiger partial charge in [0.2, 0.25) is 5.88 Å². The number of benzene rings is 1. The Labute approximate surface area is 101 Å². The van der Waals surface area contributed by atoms with Crippen molar-refractivity contribution in [2.45, 2.75) is 13.8 Å². The summed E-state index contributed by atoms with van der Waals surface area (Å²) >= 11 is 0. The first-order valence-electron chi connectivity index (χ1n) is 5.44. The molecule has 1 heterocycles. The molecule has 0 unspecified atom stereocenters. The molecule has 0 atom stereocenters. The molecule has 0 aliphatic heterocycles. The zero-order valence-electron chi connectivity index (χ0n) is 10.2. The molecule has 0 bridgehead atoms. The van der Waals surface area contributed by atoms with Crippen molar-refractivity contribution in [3.63, 3.8) is 0 Å². The Morgan fingerprint density at radius 3 is 2.41 bits per heavy atom. The van der Waals surface area contributed by atoms with Gasteiger partial charge in [0, 0.05) is 7.05 Å². The van der Waals surface area contributed by atoms with Crippen molar-refractivity contribution in [3.05, 3.63) is 41.7 Å². The van der Waals surface area contributed by atoms with E-state index in [1.807, 2.05) is 45.2 Å². The van der Waals surface area contributed by atoms with Crippen LogP contribution in [0, 0.1) is 13.8 Å². The van der Waals surface area contributed by atoms with Gasteiger partial charge >= 0.3 is 0 Å². The van der Waals surface area contributed by atoms with Crippen LogP contribution in [0.25, 0.3) is 0 Å². The monoisotopic (exact) mass is 229 g/mol. The van der Waals surface area contributed by atoms with Gasteiger partial charge in [0.1, 0.15) is 17.9 Å². The van der Waals surface area contributed by atoms with E-state index in [4.69, 9.17) is 4.74 Å². The number of aromatic nitrogens is 2. The van der Waals surface area contributed by atoms with E-state index < -0.39 is 0 Å². The highest BCUT2D eigenvalue weighted by atomic mass is 16.5. The molecular formula is C13H15N3O. The van der Waals surface area contributed by atoms with Crippen LogP contribution >= 0.6 is 0 Å². The first-order valence-corrected chi connectivity index (χ1v) is 5.44. The van der Waals surface area contributed by atoms with Gasteiger partial charge in [0.05, 0.1) is 5.56 Å². The summed E-state index contributed by atoms with van der Waals surface area (Å²) in [7, 11) is 1.82. The zero-order chi connectivity index (χ0) is 12.3. The number of rotatable bonds is 3. The highest BCUT2D eigenvalue weighted by Gasteiger charge is 2.07. The molecule has 0 spiro atoms. The minimum atomic E-state index is 0.577. The van der Waals surface area contributed by atoms with Gasteiger partial charge in [0.15, 0.2) is 0 Å². The van der Waals surface area contributed by atoms with Gasteiger partial charge in [-0.3, -0.25) is 0 Å². The number of ether oxygens (including phenoxy) is 1. The van der Waals surface area contributed by atoms with Crippen molar-refractivity contribution in [1.29, 1.82) is 0 Å². The lowest BCUT2D eigenvalue weighted by molar-refractivity contribution is 0.457. The molecular weight excluding hydrogens is 214 g/mol. The Morgan fingerprint density at radius 1 is 1.06 bits per heavy atom. The summed E-state index contributed by atoms with van der Waals surface area (Å²) in [5, 5.41) is 3.00. The van der Waals surface area contributed by atoms with Crippen LogP contribution in [0.5, 0.6) is 11.6 Å². The molecule has 2 rings (SSSR count). The fourth-order valence-corrected chi connectivity index (χ4v) is 1.51. The van der Waals surface area contributed by atoms with Gasteiger partial charge in [-0.25, -0.2) is 9.97 Å². The van der Waals surface area contributed by atoms with Crippen molar-refractivity contribution in [1.82, 2.24) is 9.97 Å². The highest BCUT2D eigenvalue weighted by molar-refractivity contribution is 5.48. The van der Waals surface area contributed by atoms with E-state index >= 15 is 0 Å². The molecule has 0 saturated heterocycles. The third-order valence-corrected chi connectivity index (χ3v) is 2.51. The molecule has 4 heteroatoms. The van der Waals surface area contributed by atoms with Gasteiger partial charge in [-0.2, -0.15) is 0 Å². The fourth-order valence-electron chi connectivity index (χ4n) is 1.51. The van der Waals surface area contributed by atoms with Crippen LogP contribution in [0.3, 0.4) is 0 Å². The van der Waals surface area contributed by atoms with Crippen LogP contribution in [-0.2, 0) is 0 Å². The average Bonchev–Trinajstić information content (AvgIpc) is 2.35. The first-order chi connectivity index (χ1) is 8.20. The summed E-state index contributed by atoms with van der Waals surface area (Å²) in [6, 6.07) is 7.86. The molecule has 17 heavy (non-hydrogen) atoms. The third-order valence-electron chi connectivity index (χ3n) is 2.51. The normalized spacial score (nSPS) is 10.1. The minimum absolute atomic E-state index is 0.577. The Morgan fingerprint density at radius 2 is 1.76 bits per heavy atom. The first kappa shape index (κ1) is 11.4. The van der Waals surface area contributed by atoms with Crippen molar-refractivity contribution in [2.24, 2.45) is 0 Å². The Bertz CT molecular complexity index is 509. The van der Waals surface area contributed by atoms with Crippen LogP contribution in [0.4, 0.5) is 5.82 Å². The number of hydrogen-bond acceptors (Lipinski definition) is 4. The molecule has 88 valence electrons. The second-order valence-electron chi connectivity index (χ2n) is 3.82. The molecule has 0 aliphatic rings. The maximum absolute atomic E-state index is 5.72. The maximum Gasteiger partial charge on any atom is 0.227 e. The predicted molar refractivity (Wildman–Crippen MR) is 67.6 cm³/mol. The summed E-state index contributed by atoms with van der Waals surface area (Å²) in [6.45, 7) is 3.97. The minimum Gasteiger partial charge on any atom is -0.439 e. The summed E-state index contributed by atoms with van der Waals surface area (Å²) < 4.78 is 5.72. The summed E-state index contributed by atoms with van der Waals surface area (Å²) in [5.41, 5.74) is 2.10. The van der Waals surface area contributed by atoms with E-state index in [0.29, 0.717) is 5.88 Å². The molecule has 0 aliphatic carbocycles. The largest absolute Gasteiger partial charge is 0.439 e. The Kier molecular flexibility index (Phi) is 3.23. The number of hydrogen-bond donors (Lipinski definition) is 1. The quantitative estimate of drug-likeness (QED) is 0.879. The second-order valence-corrected chi connectivity index (χ2v) is 3.82. The molecule has 1 aromatic heterocycles. The molecule has 0 fully saturated rings. The predicted octanol–water partition coefficient (Wildman–Crippen LogP) is 2.93. The molecule has 4 nitrogen and oxygen atoms in total. The van der Waals surface area contributed by atoms with Gasteiger partial charge < -0.3 is 10.1 Å². The van der Waals surface area contributed by atoms with Gasteiger partial charge in [-0.15, -0.1) is 0 Å².